The Kier molecular flexibility index (Phi) is 9.12. The van der Waals surface area contributed by atoms with Crippen LogP contribution >= 0.6 is 0 Å². The Labute approximate surface area is 262 Å². The minimum atomic E-state index is -0.724. The molecule has 0 bridgehead atoms. The molecule has 0 saturated carbocycles. The Balaban J connectivity index is 0.000000207. The van der Waals surface area contributed by atoms with Gasteiger partial charge in [0.2, 0.25) is 0 Å². The quantitative estimate of drug-likeness (QED) is 0.103. The van der Waals surface area contributed by atoms with Crippen LogP contribution in [0.4, 0.5) is 46.3 Å². The summed E-state index contributed by atoms with van der Waals surface area (Å²) in [5.41, 5.74) is 7.05. The number of anilines is 4. The third-order valence-corrected chi connectivity index (χ3v) is 6.46. The first-order valence-electron chi connectivity index (χ1n) is 13.4. The molecule has 6 rings (SSSR count). The van der Waals surface area contributed by atoms with Crippen LogP contribution in [0, 0.1) is 44.7 Å². The van der Waals surface area contributed by atoms with Gasteiger partial charge in [0, 0.05) is 18.2 Å². The van der Waals surface area contributed by atoms with E-state index in [0.29, 0.717) is 22.5 Å². The highest BCUT2D eigenvalue weighted by Crippen LogP contribution is 2.30. The topological polar surface area (TPSA) is 186 Å². The SMILES string of the molecule is CC(Nc1ncnc(N)c1C#N)c1nc2ccc(F)cc2n1-c1cncc(F)c1.O=[N+]([O-])c1cc(F)ccc1Nc1cncc(F)c1. The number of nitro benzene ring substituents is 1. The number of aromatic nitrogens is 6. The number of benzene rings is 2. The van der Waals surface area contributed by atoms with Crippen LogP contribution in [0.25, 0.3) is 16.7 Å². The van der Waals surface area contributed by atoms with Gasteiger partial charge in [0.1, 0.15) is 64.4 Å². The molecule has 47 heavy (non-hydrogen) atoms. The Morgan fingerprint density at radius 1 is 0.936 bits per heavy atom. The Morgan fingerprint density at radius 2 is 1.64 bits per heavy atom. The third-order valence-electron chi connectivity index (χ3n) is 6.46. The zero-order chi connectivity index (χ0) is 33.7. The number of imidazole rings is 1. The summed E-state index contributed by atoms with van der Waals surface area (Å²) in [5, 5.41) is 25.8. The molecular formula is C30H21F4N11O2. The molecule has 0 aliphatic heterocycles. The number of fused-ring (bicyclic) bond motifs is 1. The molecule has 4 aromatic heterocycles. The van der Waals surface area contributed by atoms with E-state index in [1.165, 1.54) is 49.1 Å². The molecule has 2 aromatic carbocycles. The van der Waals surface area contributed by atoms with Crippen molar-refractivity contribution in [2.24, 2.45) is 0 Å². The molecule has 0 fully saturated rings. The summed E-state index contributed by atoms with van der Waals surface area (Å²) < 4.78 is 55.1. The van der Waals surface area contributed by atoms with E-state index < -0.39 is 39.9 Å². The smallest absolute Gasteiger partial charge is 0.295 e. The van der Waals surface area contributed by atoms with E-state index in [4.69, 9.17) is 5.73 Å². The van der Waals surface area contributed by atoms with E-state index in [-0.39, 0.29) is 28.6 Å². The number of nitrogen functional groups attached to an aromatic ring is 1. The first kappa shape index (κ1) is 31.7. The van der Waals surface area contributed by atoms with E-state index in [9.17, 15) is 32.9 Å². The lowest BCUT2D eigenvalue weighted by atomic mass is 10.2. The molecule has 0 saturated heterocycles. The summed E-state index contributed by atoms with van der Waals surface area (Å²) in [5.74, 6) is -1.57. The van der Waals surface area contributed by atoms with E-state index in [1.807, 2.05) is 6.07 Å². The van der Waals surface area contributed by atoms with Gasteiger partial charge in [0.05, 0.1) is 64.2 Å². The standard InChI is InChI=1S/C19H14F2N8.C11H7F2N3O2/c1-10(27-18-14(6-22)17(23)25-9-26-18)19-28-15-3-2-11(20)5-16(15)29(19)13-4-12(21)7-24-8-13;12-7-1-2-10(11(4-7)16(17)18)15-9-3-8(13)5-14-6-9/h2-5,7-10H,1H3,(H3,23,25,26,27);1-6,15H. The second kappa shape index (κ2) is 13.5. The van der Waals surface area contributed by atoms with Gasteiger partial charge in [-0.25, -0.2) is 32.5 Å². The first-order chi connectivity index (χ1) is 22.5. The number of pyridine rings is 2. The summed E-state index contributed by atoms with van der Waals surface area (Å²) in [6.45, 7) is 1.78. The van der Waals surface area contributed by atoms with Crippen molar-refractivity contribution in [1.29, 1.82) is 5.26 Å². The van der Waals surface area contributed by atoms with Crippen molar-refractivity contribution in [3.63, 3.8) is 0 Å². The molecule has 4 heterocycles. The molecule has 6 aromatic rings. The zero-order valence-electron chi connectivity index (χ0n) is 24.1. The van der Waals surface area contributed by atoms with Gasteiger partial charge < -0.3 is 16.4 Å². The number of nitrogens with zero attached hydrogens (tertiary/aromatic N) is 8. The highest BCUT2D eigenvalue weighted by atomic mass is 19.1. The van der Waals surface area contributed by atoms with Crippen molar-refractivity contribution in [3.8, 4) is 11.8 Å². The van der Waals surface area contributed by atoms with Crippen molar-refractivity contribution in [1.82, 2.24) is 29.5 Å². The zero-order valence-corrected chi connectivity index (χ0v) is 24.1. The second-order valence-electron chi connectivity index (χ2n) is 9.70. The van der Waals surface area contributed by atoms with Crippen molar-refractivity contribution < 1.29 is 22.5 Å². The van der Waals surface area contributed by atoms with Crippen LogP contribution in [0.2, 0.25) is 0 Å². The minimum absolute atomic E-state index is 0.0436. The molecule has 0 aliphatic rings. The van der Waals surface area contributed by atoms with Gasteiger partial charge in [-0.1, -0.05) is 0 Å². The van der Waals surface area contributed by atoms with Crippen LogP contribution < -0.4 is 16.4 Å². The van der Waals surface area contributed by atoms with Crippen LogP contribution in [0.3, 0.4) is 0 Å². The minimum Gasteiger partial charge on any atom is -0.382 e. The van der Waals surface area contributed by atoms with Crippen molar-refractivity contribution in [2.75, 3.05) is 16.4 Å². The monoisotopic (exact) mass is 643 g/mol. The fraction of sp³-hybridized carbons (Fsp3) is 0.0667. The maximum absolute atomic E-state index is 13.9. The van der Waals surface area contributed by atoms with Crippen LogP contribution in [0.5, 0.6) is 0 Å². The van der Waals surface area contributed by atoms with Gasteiger partial charge in [-0.3, -0.25) is 24.6 Å². The fourth-order valence-corrected chi connectivity index (χ4v) is 4.44. The van der Waals surface area contributed by atoms with E-state index in [0.717, 1.165) is 30.6 Å². The van der Waals surface area contributed by atoms with Crippen LogP contribution in [-0.2, 0) is 0 Å². The highest BCUT2D eigenvalue weighted by molar-refractivity contribution is 5.78. The van der Waals surface area contributed by atoms with E-state index >= 15 is 0 Å². The molecule has 1 atom stereocenters. The van der Waals surface area contributed by atoms with Crippen molar-refractivity contribution in [3.05, 3.63) is 124 Å². The molecule has 236 valence electrons. The number of nitriles is 1. The molecule has 17 heteroatoms. The molecule has 4 N–H and O–H groups in total. The third kappa shape index (κ3) is 7.17. The van der Waals surface area contributed by atoms with Crippen LogP contribution in [-0.4, -0.2) is 34.4 Å². The fourth-order valence-electron chi connectivity index (χ4n) is 4.44. The number of nitrogens with one attached hydrogen (secondary N) is 2. The van der Waals surface area contributed by atoms with Crippen molar-refractivity contribution in [2.45, 2.75) is 13.0 Å². The Hall–Kier alpha value is -6.70. The average molecular weight is 644 g/mol. The van der Waals surface area contributed by atoms with Gasteiger partial charge in [0.25, 0.3) is 5.69 Å². The average Bonchev–Trinajstić information content (AvgIpc) is 3.41. The molecular weight excluding hydrogens is 622 g/mol. The molecule has 0 radical (unpaired) electrons. The van der Waals surface area contributed by atoms with Gasteiger partial charge in [-0.2, -0.15) is 5.26 Å². The lowest BCUT2D eigenvalue weighted by Gasteiger charge is -2.17. The predicted octanol–water partition coefficient (Wildman–Crippen LogP) is 6.13. The molecule has 13 nitrogen and oxygen atoms in total. The maximum Gasteiger partial charge on any atom is 0.295 e. The molecule has 1 unspecified atom stereocenters. The Bertz CT molecular complexity index is 2150. The second-order valence-corrected chi connectivity index (χ2v) is 9.70. The predicted molar refractivity (Wildman–Crippen MR) is 163 cm³/mol. The number of hydrogen-bond acceptors (Lipinski definition) is 11. The largest absolute Gasteiger partial charge is 0.382 e. The van der Waals surface area contributed by atoms with Crippen molar-refractivity contribution >= 4 is 39.7 Å². The van der Waals surface area contributed by atoms with Gasteiger partial charge >= 0.3 is 0 Å². The summed E-state index contributed by atoms with van der Waals surface area (Å²) >= 11 is 0. The maximum atomic E-state index is 13.9. The normalized spacial score (nSPS) is 11.2. The summed E-state index contributed by atoms with van der Waals surface area (Å²) in [4.78, 5) is 29.9. The highest BCUT2D eigenvalue weighted by Gasteiger charge is 2.21. The summed E-state index contributed by atoms with van der Waals surface area (Å²) in [6.07, 6.45) is 6.07. The van der Waals surface area contributed by atoms with Crippen LogP contribution in [0.1, 0.15) is 24.4 Å². The summed E-state index contributed by atoms with van der Waals surface area (Å²) in [7, 11) is 0. The van der Waals surface area contributed by atoms with Gasteiger partial charge in [-0.05, 0) is 31.2 Å². The van der Waals surface area contributed by atoms with Gasteiger partial charge in [0.15, 0.2) is 0 Å². The number of hydrogen-bond donors (Lipinski definition) is 3. The lowest BCUT2D eigenvalue weighted by molar-refractivity contribution is -0.384. The molecule has 0 spiro atoms. The lowest BCUT2D eigenvalue weighted by Crippen LogP contribution is -2.15. The number of nitrogens with two attached hydrogens (primary N) is 1. The first-order valence-corrected chi connectivity index (χ1v) is 13.4. The Morgan fingerprint density at radius 3 is 2.34 bits per heavy atom. The number of halogens is 4. The number of rotatable bonds is 7. The molecule has 0 aliphatic carbocycles. The molecule has 0 amide bonds. The van der Waals surface area contributed by atoms with E-state index in [1.54, 1.807) is 11.5 Å². The summed E-state index contributed by atoms with van der Waals surface area (Å²) in [6, 6.07) is 11.1. The van der Waals surface area contributed by atoms with Crippen LogP contribution in [0.15, 0.2) is 79.6 Å². The van der Waals surface area contributed by atoms with Gasteiger partial charge in [-0.15, -0.1) is 0 Å². The van der Waals surface area contributed by atoms with E-state index in [2.05, 4.69) is 35.6 Å². The number of nitro groups is 1.